The van der Waals surface area contributed by atoms with Crippen molar-refractivity contribution in [1.29, 1.82) is 0 Å². The van der Waals surface area contributed by atoms with E-state index >= 15 is 0 Å². The van der Waals surface area contributed by atoms with Crippen LogP contribution in [0.4, 0.5) is 0 Å². The standard InChI is InChI=1S/C8H12N2O/c1-6-3-8-5-9(4-6)7(2)10(8)11/h3,8,11H,2,4-5H2,1H3. The van der Waals surface area contributed by atoms with Gasteiger partial charge in [-0.25, -0.2) is 5.06 Å². The van der Waals surface area contributed by atoms with E-state index in [0.717, 1.165) is 18.9 Å². The molecule has 2 rings (SSSR count). The number of hydrogen-bond acceptors (Lipinski definition) is 3. The van der Waals surface area contributed by atoms with Crippen molar-refractivity contribution < 1.29 is 5.21 Å². The molecule has 3 nitrogen and oxygen atoms in total. The normalized spacial score (nSPS) is 29.5. The van der Waals surface area contributed by atoms with E-state index in [1.165, 1.54) is 10.6 Å². The van der Waals surface area contributed by atoms with Gasteiger partial charge in [-0.2, -0.15) is 0 Å². The van der Waals surface area contributed by atoms with Gasteiger partial charge in [-0.3, -0.25) is 5.21 Å². The lowest BCUT2D eigenvalue weighted by atomic mass is 10.1. The largest absolute Gasteiger partial charge is 0.351 e. The highest BCUT2D eigenvalue weighted by molar-refractivity contribution is 5.20. The van der Waals surface area contributed by atoms with Crippen LogP contribution < -0.4 is 0 Å². The minimum absolute atomic E-state index is 0.135. The van der Waals surface area contributed by atoms with Gasteiger partial charge in [-0.1, -0.05) is 18.2 Å². The number of rotatable bonds is 0. The van der Waals surface area contributed by atoms with Crippen LogP contribution in [0.25, 0.3) is 0 Å². The van der Waals surface area contributed by atoms with E-state index in [9.17, 15) is 5.21 Å². The van der Waals surface area contributed by atoms with Crippen molar-refractivity contribution in [1.82, 2.24) is 9.96 Å². The first-order valence-electron chi connectivity index (χ1n) is 3.78. The maximum absolute atomic E-state index is 9.43. The van der Waals surface area contributed by atoms with Crippen LogP contribution in [0, 0.1) is 0 Å². The lowest BCUT2D eigenvalue weighted by Crippen LogP contribution is -2.28. The van der Waals surface area contributed by atoms with E-state index in [2.05, 4.69) is 24.5 Å². The summed E-state index contributed by atoms with van der Waals surface area (Å²) in [5, 5.41) is 10.7. The van der Waals surface area contributed by atoms with Gasteiger partial charge < -0.3 is 4.90 Å². The molecule has 60 valence electrons. The molecule has 1 N–H and O–H groups in total. The van der Waals surface area contributed by atoms with Gasteiger partial charge in [0, 0.05) is 13.1 Å². The van der Waals surface area contributed by atoms with E-state index < -0.39 is 0 Å². The second-order valence-electron chi connectivity index (χ2n) is 3.22. The van der Waals surface area contributed by atoms with Gasteiger partial charge in [-0.05, 0) is 6.92 Å². The van der Waals surface area contributed by atoms with Crippen LogP contribution in [-0.4, -0.2) is 34.3 Å². The second kappa shape index (κ2) is 2.01. The Hall–Kier alpha value is -0.960. The summed E-state index contributed by atoms with van der Waals surface area (Å²) in [6.45, 7) is 7.65. The molecular weight excluding hydrogens is 140 g/mol. The molecule has 2 bridgehead atoms. The predicted molar refractivity (Wildman–Crippen MR) is 41.9 cm³/mol. The van der Waals surface area contributed by atoms with Gasteiger partial charge in [0.05, 0.1) is 6.04 Å². The minimum Gasteiger partial charge on any atom is -0.351 e. The number of hydrogen-bond donors (Lipinski definition) is 1. The number of fused-ring (bicyclic) bond motifs is 2. The molecule has 2 heterocycles. The fourth-order valence-corrected chi connectivity index (χ4v) is 1.71. The third kappa shape index (κ3) is 0.844. The fraction of sp³-hybridized carbons (Fsp3) is 0.500. The van der Waals surface area contributed by atoms with Crippen molar-refractivity contribution >= 4 is 0 Å². The van der Waals surface area contributed by atoms with Crippen molar-refractivity contribution in [3.63, 3.8) is 0 Å². The summed E-state index contributed by atoms with van der Waals surface area (Å²) in [7, 11) is 0. The van der Waals surface area contributed by atoms with Crippen LogP contribution in [0.15, 0.2) is 24.0 Å². The Balaban J connectivity index is 2.31. The molecule has 1 atom stereocenters. The van der Waals surface area contributed by atoms with Gasteiger partial charge in [0.25, 0.3) is 0 Å². The Morgan fingerprint density at radius 3 is 3.09 bits per heavy atom. The molecule has 3 heteroatoms. The molecule has 0 spiro atoms. The van der Waals surface area contributed by atoms with Crippen molar-refractivity contribution in [3.8, 4) is 0 Å². The van der Waals surface area contributed by atoms with Crippen molar-refractivity contribution in [2.45, 2.75) is 13.0 Å². The average Bonchev–Trinajstić information content (AvgIpc) is 2.16. The van der Waals surface area contributed by atoms with Crippen molar-refractivity contribution in [2.24, 2.45) is 0 Å². The molecule has 1 fully saturated rings. The highest BCUT2D eigenvalue weighted by atomic mass is 16.5. The summed E-state index contributed by atoms with van der Waals surface area (Å²) in [6.07, 6.45) is 2.09. The van der Waals surface area contributed by atoms with Gasteiger partial charge in [0.15, 0.2) is 0 Å². The van der Waals surface area contributed by atoms with Gasteiger partial charge in [0.2, 0.25) is 0 Å². The Bertz CT molecular complexity index is 234. The lowest BCUT2D eigenvalue weighted by Gasteiger charge is -2.20. The molecule has 0 aromatic heterocycles. The summed E-state index contributed by atoms with van der Waals surface area (Å²) in [4.78, 5) is 2.08. The summed E-state index contributed by atoms with van der Waals surface area (Å²) >= 11 is 0. The summed E-state index contributed by atoms with van der Waals surface area (Å²) in [6, 6.07) is 0.135. The number of nitrogens with zero attached hydrogens (tertiary/aromatic N) is 2. The summed E-state index contributed by atoms with van der Waals surface area (Å²) < 4.78 is 0. The second-order valence-corrected chi connectivity index (χ2v) is 3.22. The fourth-order valence-electron chi connectivity index (χ4n) is 1.71. The summed E-state index contributed by atoms with van der Waals surface area (Å²) in [5.74, 6) is 0.725. The van der Waals surface area contributed by atoms with Crippen molar-refractivity contribution in [3.05, 3.63) is 24.0 Å². The first kappa shape index (κ1) is 6.73. The zero-order chi connectivity index (χ0) is 8.01. The molecule has 0 aromatic carbocycles. The van der Waals surface area contributed by atoms with Crippen molar-refractivity contribution in [2.75, 3.05) is 13.1 Å². The monoisotopic (exact) mass is 152 g/mol. The first-order chi connectivity index (χ1) is 5.18. The molecule has 0 saturated carbocycles. The maximum atomic E-state index is 9.43. The molecule has 0 aromatic rings. The van der Waals surface area contributed by atoms with Crippen LogP contribution in [0.5, 0.6) is 0 Å². The average molecular weight is 152 g/mol. The number of hydroxylamine groups is 2. The highest BCUT2D eigenvalue weighted by Gasteiger charge is 2.33. The molecule has 0 amide bonds. The van der Waals surface area contributed by atoms with Crippen LogP contribution in [0.1, 0.15) is 6.92 Å². The van der Waals surface area contributed by atoms with Gasteiger partial charge in [-0.15, -0.1) is 0 Å². The van der Waals surface area contributed by atoms with E-state index in [1.54, 1.807) is 0 Å². The molecule has 0 aliphatic carbocycles. The van der Waals surface area contributed by atoms with E-state index in [1.807, 2.05) is 0 Å². The zero-order valence-electron chi connectivity index (χ0n) is 6.62. The SMILES string of the molecule is C=C1N2CC(C)=CC(C2)N1O. The Labute approximate surface area is 66.2 Å². The molecule has 1 saturated heterocycles. The zero-order valence-corrected chi connectivity index (χ0v) is 6.62. The lowest BCUT2D eigenvalue weighted by molar-refractivity contribution is -0.0620. The topological polar surface area (TPSA) is 26.7 Å². The smallest absolute Gasteiger partial charge is 0.122 e. The Kier molecular flexibility index (Phi) is 1.23. The van der Waals surface area contributed by atoms with Crippen LogP contribution in [0.2, 0.25) is 0 Å². The predicted octanol–water partition coefficient (Wildman–Crippen LogP) is 0.793. The molecule has 0 radical (unpaired) electrons. The highest BCUT2D eigenvalue weighted by Crippen LogP contribution is 2.26. The summed E-state index contributed by atoms with van der Waals surface area (Å²) in [5.41, 5.74) is 1.30. The van der Waals surface area contributed by atoms with E-state index in [4.69, 9.17) is 0 Å². The van der Waals surface area contributed by atoms with Crippen LogP contribution in [0.3, 0.4) is 0 Å². The van der Waals surface area contributed by atoms with Gasteiger partial charge >= 0.3 is 0 Å². The van der Waals surface area contributed by atoms with E-state index in [-0.39, 0.29) is 6.04 Å². The Morgan fingerprint density at radius 2 is 2.45 bits per heavy atom. The quantitative estimate of drug-likeness (QED) is 0.520. The maximum Gasteiger partial charge on any atom is 0.122 e. The third-order valence-electron chi connectivity index (χ3n) is 2.27. The molecule has 2 aliphatic rings. The first-order valence-corrected chi connectivity index (χ1v) is 3.78. The molecule has 11 heavy (non-hydrogen) atoms. The van der Waals surface area contributed by atoms with Gasteiger partial charge in [0.1, 0.15) is 5.82 Å². The molecular formula is C8H12N2O. The molecule has 2 aliphatic heterocycles. The minimum atomic E-state index is 0.135. The Morgan fingerprint density at radius 1 is 1.73 bits per heavy atom. The van der Waals surface area contributed by atoms with E-state index in [0.29, 0.717) is 0 Å². The third-order valence-corrected chi connectivity index (χ3v) is 2.27. The van der Waals surface area contributed by atoms with Crippen LogP contribution in [-0.2, 0) is 0 Å². The van der Waals surface area contributed by atoms with Crippen LogP contribution >= 0.6 is 0 Å². The molecule has 1 unspecified atom stereocenters.